The zero-order chi connectivity index (χ0) is 21.0. The number of methoxy groups -OCH3 is 2. The number of aryl methyl sites for hydroxylation is 1. The topological polar surface area (TPSA) is 113 Å². The number of carbonyl (C=O) groups is 2. The number of nitrogens with zero attached hydrogens (tertiary/aromatic N) is 3. The van der Waals surface area contributed by atoms with Gasteiger partial charge < -0.3 is 14.0 Å². The highest BCUT2D eigenvalue weighted by Crippen LogP contribution is 2.23. The number of non-ortho nitro benzene ring substituents is 1. The van der Waals surface area contributed by atoms with E-state index in [0.717, 1.165) is 10.2 Å². The van der Waals surface area contributed by atoms with E-state index >= 15 is 0 Å². The number of amides is 1. The van der Waals surface area contributed by atoms with Gasteiger partial charge in [-0.3, -0.25) is 19.7 Å². The average molecular weight is 415 g/mol. The van der Waals surface area contributed by atoms with Crippen molar-refractivity contribution in [3.63, 3.8) is 0 Å². The molecule has 150 valence electrons. The van der Waals surface area contributed by atoms with Gasteiger partial charge in [0.1, 0.15) is 5.75 Å². The third kappa shape index (κ3) is 4.49. The minimum absolute atomic E-state index is 0.108. The van der Waals surface area contributed by atoms with E-state index in [9.17, 15) is 19.7 Å². The second-order valence-electron chi connectivity index (χ2n) is 5.92. The predicted molar refractivity (Wildman–Crippen MR) is 106 cm³/mol. The van der Waals surface area contributed by atoms with Crippen molar-refractivity contribution in [2.45, 2.75) is 13.0 Å². The highest BCUT2D eigenvalue weighted by Gasteiger charge is 2.13. The summed E-state index contributed by atoms with van der Waals surface area (Å²) in [6.07, 6.45) is 0.110. The van der Waals surface area contributed by atoms with Crippen LogP contribution in [-0.2, 0) is 16.1 Å². The number of hydrogen-bond acceptors (Lipinski definition) is 7. The number of rotatable bonds is 6. The van der Waals surface area contributed by atoms with Gasteiger partial charge in [0.25, 0.3) is 11.6 Å². The number of aromatic nitrogens is 1. The molecular weight excluding hydrogens is 398 g/mol. The molecule has 2 aromatic carbocycles. The summed E-state index contributed by atoms with van der Waals surface area (Å²) in [4.78, 5) is 39.0. The van der Waals surface area contributed by atoms with Crippen LogP contribution in [0, 0.1) is 10.1 Å². The smallest absolute Gasteiger partial charge is 0.307 e. The average Bonchev–Trinajstić information content (AvgIpc) is 3.07. The molecule has 0 aliphatic heterocycles. The van der Waals surface area contributed by atoms with E-state index in [2.05, 4.69) is 4.99 Å². The van der Waals surface area contributed by atoms with Crippen molar-refractivity contribution in [1.82, 2.24) is 4.57 Å². The summed E-state index contributed by atoms with van der Waals surface area (Å²) in [6.45, 7) is 0.270. The number of thiazole rings is 1. The molecule has 0 radical (unpaired) electrons. The van der Waals surface area contributed by atoms with Crippen LogP contribution in [0.3, 0.4) is 0 Å². The molecule has 10 heteroatoms. The van der Waals surface area contributed by atoms with Gasteiger partial charge in [-0.05, 0) is 24.3 Å². The summed E-state index contributed by atoms with van der Waals surface area (Å²) in [5.74, 6) is -0.284. The summed E-state index contributed by atoms with van der Waals surface area (Å²) in [7, 11) is 2.86. The highest BCUT2D eigenvalue weighted by atomic mass is 32.1. The van der Waals surface area contributed by atoms with E-state index in [1.165, 1.54) is 42.7 Å². The van der Waals surface area contributed by atoms with E-state index in [0.29, 0.717) is 10.6 Å². The fourth-order valence-corrected chi connectivity index (χ4v) is 3.69. The Labute approximate surface area is 169 Å². The molecule has 0 aliphatic carbocycles. The molecule has 3 rings (SSSR count). The molecule has 9 nitrogen and oxygen atoms in total. The predicted octanol–water partition coefficient (Wildman–Crippen LogP) is 2.92. The van der Waals surface area contributed by atoms with Gasteiger partial charge in [0, 0.05) is 30.3 Å². The van der Waals surface area contributed by atoms with E-state index in [1.54, 1.807) is 23.8 Å². The van der Waals surface area contributed by atoms with Crippen molar-refractivity contribution in [1.29, 1.82) is 0 Å². The lowest BCUT2D eigenvalue weighted by Crippen LogP contribution is -2.19. The zero-order valence-electron chi connectivity index (χ0n) is 15.7. The van der Waals surface area contributed by atoms with Crippen LogP contribution >= 0.6 is 11.3 Å². The Morgan fingerprint density at radius 1 is 1.17 bits per heavy atom. The minimum atomic E-state index is -0.537. The first-order valence-electron chi connectivity index (χ1n) is 8.50. The molecule has 0 spiro atoms. The Morgan fingerprint density at radius 3 is 2.52 bits per heavy atom. The summed E-state index contributed by atoms with van der Waals surface area (Å²) in [6, 6.07) is 10.7. The van der Waals surface area contributed by atoms with Crippen LogP contribution in [0.2, 0.25) is 0 Å². The molecule has 0 fully saturated rings. The molecule has 1 heterocycles. The van der Waals surface area contributed by atoms with E-state index < -0.39 is 10.8 Å². The van der Waals surface area contributed by atoms with Crippen LogP contribution in [0.4, 0.5) is 5.69 Å². The molecule has 0 saturated carbocycles. The third-order valence-electron chi connectivity index (χ3n) is 4.18. The first-order valence-corrected chi connectivity index (χ1v) is 9.32. The van der Waals surface area contributed by atoms with Gasteiger partial charge in [0.15, 0.2) is 4.80 Å². The summed E-state index contributed by atoms with van der Waals surface area (Å²) < 4.78 is 12.6. The summed E-state index contributed by atoms with van der Waals surface area (Å²) >= 11 is 1.29. The normalized spacial score (nSPS) is 11.4. The number of ether oxygens (including phenoxy) is 2. The van der Waals surface area contributed by atoms with Crippen molar-refractivity contribution < 1.29 is 24.0 Å². The summed E-state index contributed by atoms with van der Waals surface area (Å²) in [5.41, 5.74) is 0.891. The van der Waals surface area contributed by atoms with Crippen molar-refractivity contribution in [3.05, 3.63) is 62.9 Å². The number of benzene rings is 2. The molecule has 0 unspecified atom stereocenters. The number of esters is 1. The maximum Gasteiger partial charge on any atom is 0.307 e. The standard InChI is InChI=1S/C19H17N3O6S/c1-27-14-7-8-16-15(11-14)21(10-9-17(23)28-2)19(29-16)20-18(24)12-3-5-13(6-4-12)22(25)26/h3-8,11H,9-10H2,1-2H3. The largest absolute Gasteiger partial charge is 0.497 e. The van der Waals surface area contributed by atoms with Crippen LogP contribution < -0.4 is 9.54 Å². The maximum absolute atomic E-state index is 12.6. The Kier molecular flexibility index (Phi) is 6.03. The Bertz CT molecular complexity index is 1150. The Morgan fingerprint density at radius 2 is 1.90 bits per heavy atom. The van der Waals surface area contributed by atoms with E-state index in [1.807, 2.05) is 6.07 Å². The van der Waals surface area contributed by atoms with Gasteiger partial charge in [0.05, 0.1) is 35.8 Å². The lowest BCUT2D eigenvalue weighted by molar-refractivity contribution is -0.384. The van der Waals surface area contributed by atoms with Gasteiger partial charge in [-0.15, -0.1) is 0 Å². The van der Waals surface area contributed by atoms with Crippen LogP contribution in [0.1, 0.15) is 16.8 Å². The summed E-state index contributed by atoms with van der Waals surface area (Å²) in [5, 5.41) is 10.8. The lowest BCUT2D eigenvalue weighted by atomic mass is 10.2. The van der Waals surface area contributed by atoms with Gasteiger partial charge >= 0.3 is 5.97 Å². The fraction of sp³-hybridized carbons (Fsp3) is 0.211. The number of fused-ring (bicyclic) bond motifs is 1. The van der Waals surface area contributed by atoms with Crippen molar-refractivity contribution in [3.8, 4) is 5.75 Å². The van der Waals surface area contributed by atoms with Crippen molar-refractivity contribution in [2.24, 2.45) is 4.99 Å². The van der Waals surface area contributed by atoms with Crippen LogP contribution in [0.15, 0.2) is 47.5 Å². The molecule has 0 atom stereocenters. The Balaban J connectivity index is 2.04. The molecule has 0 bridgehead atoms. The van der Waals surface area contributed by atoms with Crippen LogP contribution in [-0.4, -0.2) is 35.6 Å². The number of hydrogen-bond donors (Lipinski definition) is 0. The fourth-order valence-electron chi connectivity index (χ4n) is 2.66. The monoisotopic (exact) mass is 415 g/mol. The molecule has 1 aromatic heterocycles. The van der Waals surface area contributed by atoms with Crippen molar-refractivity contribution in [2.75, 3.05) is 14.2 Å². The molecule has 0 N–H and O–H groups in total. The quantitative estimate of drug-likeness (QED) is 0.347. The molecule has 0 saturated heterocycles. The lowest BCUT2D eigenvalue weighted by Gasteiger charge is -2.06. The van der Waals surface area contributed by atoms with Gasteiger partial charge in [-0.2, -0.15) is 4.99 Å². The second kappa shape index (κ2) is 8.65. The number of nitro benzene ring substituents is 1. The SMILES string of the molecule is COC(=O)CCn1c(=NC(=O)c2ccc([N+](=O)[O-])cc2)sc2ccc(OC)cc21. The van der Waals surface area contributed by atoms with Gasteiger partial charge in [0.2, 0.25) is 0 Å². The highest BCUT2D eigenvalue weighted by molar-refractivity contribution is 7.16. The van der Waals surface area contributed by atoms with Gasteiger partial charge in [-0.25, -0.2) is 0 Å². The molecule has 1 amide bonds. The van der Waals surface area contributed by atoms with Crippen LogP contribution in [0.5, 0.6) is 5.75 Å². The van der Waals surface area contributed by atoms with Crippen LogP contribution in [0.25, 0.3) is 10.2 Å². The van der Waals surface area contributed by atoms with Gasteiger partial charge in [-0.1, -0.05) is 11.3 Å². The number of nitro groups is 1. The Hall–Kier alpha value is -3.53. The zero-order valence-corrected chi connectivity index (χ0v) is 16.5. The third-order valence-corrected chi connectivity index (χ3v) is 5.24. The first kappa shape index (κ1) is 20.2. The number of carbonyl (C=O) groups excluding carboxylic acids is 2. The molecule has 0 aliphatic rings. The molecule has 3 aromatic rings. The minimum Gasteiger partial charge on any atom is -0.497 e. The molecule has 29 heavy (non-hydrogen) atoms. The van der Waals surface area contributed by atoms with Crippen molar-refractivity contribution >= 4 is 39.1 Å². The molecular formula is C19H17N3O6S. The van der Waals surface area contributed by atoms with E-state index in [4.69, 9.17) is 9.47 Å². The van der Waals surface area contributed by atoms with E-state index in [-0.39, 0.29) is 30.2 Å². The maximum atomic E-state index is 12.6. The first-order chi connectivity index (χ1) is 13.9. The second-order valence-corrected chi connectivity index (χ2v) is 6.93.